The Morgan fingerprint density at radius 2 is 1.67 bits per heavy atom. The van der Waals surface area contributed by atoms with Crippen LogP contribution in [0.25, 0.3) is 0 Å². The fraction of sp³-hybridized carbons (Fsp3) is 0.278. The molecule has 2 rings (SSSR count). The van der Waals surface area contributed by atoms with Gasteiger partial charge in [-0.15, -0.1) is 0 Å². The van der Waals surface area contributed by atoms with Crippen LogP contribution in [0.3, 0.4) is 0 Å². The third-order valence-corrected chi connectivity index (χ3v) is 4.54. The van der Waals surface area contributed by atoms with Gasteiger partial charge in [0, 0.05) is 16.1 Å². The highest BCUT2D eigenvalue weighted by Gasteiger charge is 2.19. The molecule has 0 N–H and O–H groups in total. The second-order valence-corrected chi connectivity index (χ2v) is 6.61. The molecule has 21 heavy (non-hydrogen) atoms. The van der Waals surface area contributed by atoms with Crippen molar-refractivity contribution in [1.29, 1.82) is 0 Å². The fourth-order valence-corrected chi connectivity index (χ4v) is 2.60. The summed E-state index contributed by atoms with van der Waals surface area (Å²) in [6.07, 6.45) is 1.04. The van der Waals surface area contributed by atoms with Crippen molar-refractivity contribution in [3.63, 3.8) is 0 Å². The summed E-state index contributed by atoms with van der Waals surface area (Å²) < 4.78 is 0. The molecule has 0 heterocycles. The maximum atomic E-state index is 12.5. The molecule has 0 amide bonds. The van der Waals surface area contributed by atoms with E-state index < -0.39 is 0 Å². The van der Waals surface area contributed by atoms with Gasteiger partial charge in [-0.25, -0.2) is 0 Å². The Balaban J connectivity index is 2.32. The van der Waals surface area contributed by atoms with Crippen LogP contribution < -0.4 is 0 Å². The maximum Gasteiger partial charge on any atom is 0.194 e. The molecular formula is C18H18Cl2O. The van der Waals surface area contributed by atoms with Crippen LogP contribution in [0.4, 0.5) is 0 Å². The van der Waals surface area contributed by atoms with Crippen molar-refractivity contribution in [2.45, 2.75) is 32.6 Å². The lowest BCUT2D eigenvalue weighted by Gasteiger charge is -2.23. The van der Waals surface area contributed by atoms with E-state index in [-0.39, 0.29) is 11.2 Å². The molecule has 0 bridgehead atoms. The summed E-state index contributed by atoms with van der Waals surface area (Å²) in [6, 6.07) is 12.7. The van der Waals surface area contributed by atoms with Gasteiger partial charge in [-0.3, -0.25) is 4.79 Å². The molecule has 2 aromatic rings. The number of benzene rings is 2. The molecule has 0 unspecified atom stereocenters. The van der Waals surface area contributed by atoms with Crippen LogP contribution in [0.1, 0.15) is 48.7 Å². The van der Waals surface area contributed by atoms with Crippen molar-refractivity contribution in [2.75, 3.05) is 0 Å². The molecule has 0 aliphatic rings. The van der Waals surface area contributed by atoms with Gasteiger partial charge in [0.05, 0.1) is 5.02 Å². The fourth-order valence-electron chi connectivity index (χ4n) is 2.11. The molecule has 1 nitrogen and oxygen atoms in total. The van der Waals surface area contributed by atoms with Gasteiger partial charge >= 0.3 is 0 Å². The lowest BCUT2D eigenvalue weighted by Crippen LogP contribution is -2.15. The predicted octanol–water partition coefficient (Wildman–Crippen LogP) is 5.91. The SMILES string of the molecule is CCC(C)(C)c1ccc(C(=O)c2ccc(Cl)cc2Cl)cc1. The summed E-state index contributed by atoms with van der Waals surface area (Å²) in [5.41, 5.74) is 2.45. The average Bonchev–Trinajstić information content (AvgIpc) is 2.47. The van der Waals surface area contributed by atoms with E-state index in [1.165, 1.54) is 5.56 Å². The molecular weight excluding hydrogens is 303 g/mol. The number of carbonyl (C=O) groups excluding carboxylic acids is 1. The minimum atomic E-state index is -0.0856. The van der Waals surface area contributed by atoms with Crippen LogP contribution in [0.5, 0.6) is 0 Å². The lowest BCUT2D eigenvalue weighted by atomic mass is 9.82. The number of ketones is 1. The number of hydrogen-bond acceptors (Lipinski definition) is 1. The van der Waals surface area contributed by atoms with Gasteiger partial charge in [0.15, 0.2) is 5.78 Å². The van der Waals surface area contributed by atoms with Crippen molar-refractivity contribution >= 4 is 29.0 Å². The maximum absolute atomic E-state index is 12.5. The molecule has 0 atom stereocenters. The highest BCUT2D eigenvalue weighted by molar-refractivity contribution is 6.37. The Bertz CT molecular complexity index is 657. The van der Waals surface area contributed by atoms with E-state index in [0.29, 0.717) is 21.2 Å². The largest absolute Gasteiger partial charge is 0.289 e. The Hall–Kier alpha value is -1.31. The van der Waals surface area contributed by atoms with Gasteiger partial charge in [0.2, 0.25) is 0 Å². The standard InChI is InChI=1S/C18H18Cl2O/c1-4-18(2,3)13-7-5-12(6-8-13)17(21)15-10-9-14(19)11-16(15)20/h5-11H,4H2,1-3H3. The molecule has 2 aromatic carbocycles. The summed E-state index contributed by atoms with van der Waals surface area (Å²) >= 11 is 12.0. The van der Waals surface area contributed by atoms with Gasteiger partial charge < -0.3 is 0 Å². The second kappa shape index (κ2) is 6.21. The zero-order valence-electron chi connectivity index (χ0n) is 12.4. The zero-order valence-corrected chi connectivity index (χ0v) is 13.9. The molecule has 110 valence electrons. The van der Waals surface area contributed by atoms with Gasteiger partial charge in [0.25, 0.3) is 0 Å². The van der Waals surface area contributed by atoms with Crippen molar-refractivity contribution in [3.05, 3.63) is 69.2 Å². The van der Waals surface area contributed by atoms with Gasteiger partial charge in [0.1, 0.15) is 0 Å². The summed E-state index contributed by atoms with van der Waals surface area (Å²) in [4.78, 5) is 12.5. The molecule has 0 aromatic heterocycles. The topological polar surface area (TPSA) is 17.1 Å². The molecule has 0 spiro atoms. The van der Waals surface area contributed by atoms with Crippen molar-refractivity contribution in [3.8, 4) is 0 Å². The number of halogens is 2. The summed E-state index contributed by atoms with van der Waals surface area (Å²) in [7, 11) is 0. The summed E-state index contributed by atoms with van der Waals surface area (Å²) in [6.45, 7) is 6.55. The Kier molecular flexibility index (Phi) is 4.75. The molecule has 0 radical (unpaired) electrons. The van der Waals surface area contributed by atoms with Crippen molar-refractivity contribution in [1.82, 2.24) is 0 Å². The number of hydrogen-bond donors (Lipinski definition) is 0. The normalized spacial score (nSPS) is 11.5. The average molecular weight is 321 g/mol. The summed E-state index contributed by atoms with van der Waals surface area (Å²) in [5.74, 6) is -0.0856. The molecule has 0 aliphatic heterocycles. The first-order chi connectivity index (χ1) is 9.85. The Labute approximate surface area is 135 Å². The van der Waals surface area contributed by atoms with E-state index >= 15 is 0 Å². The molecule has 0 saturated heterocycles. The zero-order chi connectivity index (χ0) is 15.6. The van der Waals surface area contributed by atoms with Gasteiger partial charge in [-0.1, -0.05) is 68.2 Å². The highest BCUT2D eigenvalue weighted by Crippen LogP contribution is 2.28. The van der Waals surface area contributed by atoms with E-state index in [0.717, 1.165) is 6.42 Å². The molecule has 0 aliphatic carbocycles. The Morgan fingerprint density at radius 3 is 2.19 bits per heavy atom. The van der Waals surface area contributed by atoms with E-state index in [1.54, 1.807) is 18.2 Å². The van der Waals surface area contributed by atoms with Gasteiger partial charge in [-0.2, -0.15) is 0 Å². The smallest absolute Gasteiger partial charge is 0.194 e. The first-order valence-corrected chi connectivity index (χ1v) is 7.71. The minimum absolute atomic E-state index is 0.0856. The monoisotopic (exact) mass is 320 g/mol. The van der Waals surface area contributed by atoms with E-state index in [1.807, 2.05) is 24.3 Å². The molecule has 0 fully saturated rings. The second-order valence-electron chi connectivity index (χ2n) is 5.77. The summed E-state index contributed by atoms with van der Waals surface area (Å²) in [5, 5.41) is 0.905. The van der Waals surface area contributed by atoms with Crippen LogP contribution in [0.15, 0.2) is 42.5 Å². The molecule has 0 saturated carbocycles. The van der Waals surface area contributed by atoms with Crippen LogP contribution in [0, 0.1) is 0 Å². The predicted molar refractivity (Wildman–Crippen MR) is 89.7 cm³/mol. The van der Waals surface area contributed by atoms with E-state index in [9.17, 15) is 4.79 Å². The number of rotatable bonds is 4. The van der Waals surface area contributed by atoms with Crippen molar-refractivity contribution in [2.24, 2.45) is 0 Å². The van der Waals surface area contributed by atoms with Crippen LogP contribution in [-0.4, -0.2) is 5.78 Å². The third kappa shape index (κ3) is 3.48. The third-order valence-electron chi connectivity index (χ3n) is 3.99. The van der Waals surface area contributed by atoms with Crippen molar-refractivity contribution < 1.29 is 4.79 Å². The number of carbonyl (C=O) groups is 1. The lowest BCUT2D eigenvalue weighted by molar-refractivity contribution is 0.103. The quantitative estimate of drug-likeness (QED) is 0.640. The van der Waals surface area contributed by atoms with E-state index in [4.69, 9.17) is 23.2 Å². The Morgan fingerprint density at radius 1 is 1.05 bits per heavy atom. The van der Waals surface area contributed by atoms with Crippen LogP contribution >= 0.6 is 23.2 Å². The van der Waals surface area contributed by atoms with Crippen LogP contribution in [-0.2, 0) is 5.41 Å². The van der Waals surface area contributed by atoms with Gasteiger partial charge in [-0.05, 0) is 35.6 Å². The first-order valence-electron chi connectivity index (χ1n) is 6.95. The van der Waals surface area contributed by atoms with E-state index in [2.05, 4.69) is 20.8 Å². The first kappa shape index (κ1) is 16.1. The highest BCUT2D eigenvalue weighted by atomic mass is 35.5. The minimum Gasteiger partial charge on any atom is -0.289 e. The molecule has 3 heteroatoms. The van der Waals surface area contributed by atoms with Crippen LogP contribution in [0.2, 0.25) is 10.0 Å².